The van der Waals surface area contributed by atoms with Crippen LogP contribution in [0, 0.1) is 6.92 Å². The molecule has 0 aromatic carbocycles. The Hall–Kier alpha value is -1.79. The quantitative estimate of drug-likeness (QED) is 0.946. The molecular formula is C15H17N3O2S. The van der Waals surface area contributed by atoms with Gasteiger partial charge in [0.05, 0.1) is 17.3 Å². The normalized spacial score (nSPS) is 22.0. The van der Waals surface area contributed by atoms with Crippen LogP contribution in [0.3, 0.4) is 0 Å². The summed E-state index contributed by atoms with van der Waals surface area (Å²) in [5.74, 6) is -0.0733. The number of aromatic nitrogens is 2. The zero-order chi connectivity index (χ0) is 14.7. The van der Waals surface area contributed by atoms with E-state index in [0.29, 0.717) is 5.56 Å². The second-order valence-electron chi connectivity index (χ2n) is 5.11. The van der Waals surface area contributed by atoms with Gasteiger partial charge < -0.3 is 10.1 Å². The first-order chi connectivity index (χ1) is 10.3. The Bertz CT molecular complexity index is 614. The van der Waals surface area contributed by atoms with Gasteiger partial charge in [-0.1, -0.05) is 0 Å². The third-order valence-corrected chi connectivity index (χ3v) is 4.39. The number of rotatable bonds is 3. The van der Waals surface area contributed by atoms with Gasteiger partial charge in [0.15, 0.2) is 0 Å². The van der Waals surface area contributed by atoms with E-state index in [-0.39, 0.29) is 18.1 Å². The van der Waals surface area contributed by atoms with Crippen molar-refractivity contribution in [2.45, 2.75) is 31.9 Å². The van der Waals surface area contributed by atoms with Crippen molar-refractivity contribution in [3.05, 3.63) is 46.7 Å². The number of ether oxygens (including phenoxy) is 1. The monoisotopic (exact) mass is 303 g/mol. The highest BCUT2D eigenvalue weighted by atomic mass is 32.1. The number of amides is 1. The number of aryl methyl sites for hydroxylation is 1. The highest BCUT2D eigenvalue weighted by Gasteiger charge is 2.29. The van der Waals surface area contributed by atoms with E-state index in [1.807, 2.05) is 19.1 Å². The second kappa shape index (κ2) is 6.32. The summed E-state index contributed by atoms with van der Waals surface area (Å²) in [4.78, 5) is 16.4. The van der Waals surface area contributed by atoms with E-state index in [2.05, 4.69) is 14.7 Å². The minimum Gasteiger partial charge on any atom is -0.371 e. The molecule has 0 aliphatic carbocycles. The van der Waals surface area contributed by atoms with Crippen LogP contribution in [0.25, 0.3) is 0 Å². The third-order valence-electron chi connectivity index (χ3n) is 3.67. The zero-order valence-corrected chi connectivity index (χ0v) is 12.6. The van der Waals surface area contributed by atoms with Crippen LogP contribution in [0.5, 0.6) is 0 Å². The van der Waals surface area contributed by atoms with Gasteiger partial charge in [-0.05, 0) is 49.0 Å². The molecule has 2 atom stereocenters. The van der Waals surface area contributed by atoms with Gasteiger partial charge in [-0.3, -0.25) is 9.78 Å². The SMILES string of the molecule is Cc1nscc1C(=O)N[C@H]1CCCO[C@@H]1c1ccncc1. The topological polar surface area (TPSA) is 64.1 Å². The van der Waals surface area contributed by atoms with Gasteiger partial charge in [0.25, 0.3) is 5.91 Å². The standard InChI is InChI=1S/C15H17N3O2S/c1-10-12(9-21-18-10)15(19)17-13-3-2-8-20-14(13)11-4-6-16-7-5-11/h4-7,9,13-14H,2-3,8H2,1H3,(H,17,19)/t13-,14+/m0/s1. The van der Waals surface area contributed by atoms with Crippen LogP contribution in [-0.2, 0) is 4.74 Å². The Morgan fingerprint density at radius 1 is 1.43 bits per heavy atom. The third kappa shape index (κ3) is 3.11. The smallest absolute Gasteiger partial charge is 0.254 e. The van der Waals surface area contributed by atoms with Crippen molar-refractivity contribution in [2.75, 3.05) is 6.61 Å². The van der Waals surface area contributed by atoms with E-state index in [4.69, 9.17) is 4.74 Å². The summed E-state index contributed by atoms with van der Waals surface area (Å²) in [7, 11) is 0. The number of hydrogen-bond donors (Lipinski definition) is 1. The summed E-state index contributed by atoms with van der Waals surface area (Å²) in [6.07, 6.45) is 5.25. The Morgan fingerprint density at radius 3 is 2.95 bits per heavy atom. The minimum absolute atomic E-state index is 0.0204. The first kappa shape index (κ1) is 14.2. The fraction of sp³-hybridized carbons (Fsp3) is 0.400. The molecule has 0 bridgehead atoms. The molecule has 1 aliphatic heterocycles. The first-order valence-corrected chi connectivity index (χ1v) is 7.82. The predicted octanol–water partition coefficient (Wildman–Crippen LogP) is 2.50. The summed E-state index contributed by atoms with van der Waals surface area (Å²) in [6, 6.07) is 3.85. The van der Waals surface area contributed by atoms with E-state index < -0.39 is 0 Å². The number of pyridine rings is 1. The molecule has 1 amide bonds. The molecule has 5 nitrogen and oxygen atoms in total. The van der Waals surface area contributed by atoms with Crippen molar-refractivity contribution in [1.82, 2.24) is 14.7 Å². The molecule has 1 fully saturated rings. The lowest BCUT2D eigenvalue weighted by Crippen LogP contribution is -2.42. The largest absolute Gasteiger partial charge is 0.371 e. The molecule has 21 heavy (non-hydrogen) atoms. The van der Waals surface area contributed by atoms with Crippen molar-refractivity contribution in [2.24, 2.45) is 0 Å². The van der Waals surface area contributed by atoms with E-state index in [1.165, 1.54) is 11.5 Å². The molecule has 0 radical (unpaired) electrons. The number of nitrogens with one attached hydrogen (secondary N) is 1. The van der Waals surface area contributed by atoms with Crippen molar-refractivity contribution in [3.8, 4) is 0 Å². The van der Waals surface area contributed by atoms with Crippen LogP contribution in [0.1, 0.15) is 40.6 Å². The molecule has 110 valence electrons. The van der Waals surface area contributed by atoms with Crippen LogP contribution in [0.15, 0.2) is 29.9 Å². The van der Waals surface area contributed by atoms with Gasteiger partial charge in [-0.2, -0.15) is 4.37 Å². The number of carbonyl (C=O) groups is 1. The van der Waals surface area contributed by atoms with Gasteiger partial charge in [0.2, 0.25) is 0 Å². The molecule has 0 spiro atoms. The summed E-state index contributed by atoms with van der Waals surface area (Å²) in [5.41, 5.74) is 2.48. The summed E-state index contributed by atoms with van der Waals surface area (Å²) in [5, 5.41) is 4.88. The average molecular weight is 303 g/mol. The van der Waals surface area contributed by atoms with E-state index in [0.717, 1.165) is 30.7 Å². The molecular weight excluding hydrogens is 286 g/mol. The second-order valence-corrected chi connectivity index (χ2v) is 5.74. The lowest BCUT2D eigenvalue weighted by Gasteiger charge is -2.32. The van der Waals surface area contributed by atoms with Crippen LogP contribution >= 0.6 is 11.5 Å². The number of hydrogen-bond acceptors (Lipinski definition) is 5. The lowest BCUT2D eigenvalue weighted by molar-refractivity contribution is -0.00950. The van der Waals surface area contributed by atoms with Gasteiger partial charge in [-0.25, -0.2) is 0 Å². The average Bonchev–Trinajstić information content (AvgIpc) is 2.95. The summed E-state index contributed by atoms with van der Waals surface area (Å²) < 4.78 is 10.0. The maximum absolute atomic E-state index is 12.4. The predicted molar refractivity (Wildman–Crippen MR) is 80.3 cm³/mol. The fourth-order valence-corrected chi connectivity index (χ4v) is 3.26. The molecule has 1 saturated heterocycles. The van der Waals surface area contributed by atoms with Crippen molar-refractivity contribution in [1.29, 1.82) is 0 Å². The number of carbonyl (C=O) groups excluding carboxylic acids is 1. The highest BCUT2D eigenvalue weighted by molar-refractivity contribution is 7.03. The molecule has 1 N–H and O–H groups in total. The van der Waals surface area contributed by atoms with Gasteiger partial charge in [0.1, 0.15) is 6.10 Å². The zero-order valence-electron chi connectivity index (χ0n) is 11.8. The Kier molecular flexibility index (Phi) is 4.26. The van der Waals surface area contributed by atoms with Crippen LogP contribution < -0.4 is 5.32 Å². The van der Waals surface area contributed by atoms with Gasteiger partial charge >= 0.3 is 0 Å². The van der Waals surface area contributed by atoms with Crippen LogP contribution in [0.4, 0.5) is 0 Å². The molecule has 2 aromatic rings. The van der Waals surface area contributed by atoms with E-state index in [1.54, 1.807) is 17.8 Å². The Balaban J connectivity index is 1.76. The van der Waals surface area contributed by atoms with Crippen molar-refractivity contribution < 1.29 is 9.53 Å². The Labute approximate surface area is 127 Å². The van der Waals surface area contributed by atoms with Crippen molar-refractivity contribution >= 4 is 17.4 Å². The van der Waals surface area contributed by atoms with Crippen LogP contribution in [-0.4, -0.2) is 27.9 Å². The molecule has 1 aliphatic rings. The maximum Gasteiger partial charge on any atom is 0.254 e. The highest BCUT2D eigenvalue weighted by Crippen LogP contribution is 2.28. The van der Waals surface area contributed by atoms with Crippen molar-refractivity contribution in [3.63, 3.8) is 0 Å². The fourth-order valence-electron chi connectivity index (χ4n) is 2.57. The van der Waals surface area contributed by atoms with Crippen LogP contribution in [0.2, 0.25) is 0 Å². The Morgan fingerprint density at radius 2 is 2.24 bits per heavy atom. The maximum atomic E-state index is 12.4. The van der Waals surface area contributed by atoms with E-state index >= 15 is 0 Å². The number of nitrogens with zero attached hydrogens (tertiary/aromatic N) is 2. The van der Waals surface area contributed by atoms with Gasteiger partial charge in [0, 0.05) is 24.4 Å². The molecule has 3 heterocycles. The molecule has 6 heteroatoms. The lowest BCUT2D eigenvalue weighted by atomic mass is 9.96. The molecule has 0 saturated carbocycles. The summed E-state index contributed by atoms with van der Waals surface area (Å²) >= 11 is 1.30. The summed E-state index contributed by atoms with van der Waals surface area (Å²) in [6.45, 7) is 2.57. The molecule has 0 unspecified atom stereocenters. The minimum atomic E-state index is -0.113. The molecule has 3 rings (SSSR count). The first-order valence-electron chi connectivity index (χ1n) is 6.99. The van der Waals surface area contributed by atoms with E-state index in [9.17, 15) is 4.79 Å². The molecule has 2 aromatic heterocycles. The van der Waals surface area contributed by atoms with Gasteiger partial charge in [-0.15, -0.1) is 0 Å².